The molecule has 0 fully saturated rings. The van der Waals surface area contributed by atoms with E-state index in [1.54, 1.807) is 11.3 Å². The van der Waals surface area contributed by atoms with Crippen molar-refractivity contribution < 1.29 is 4.42 Å². The Morgan fingerprint density at radius 3 is 3.00 bits per heavy atom. The Labute approximate surface area is 96.5 Å². The fourth-order valence-electron chi connectivity index (χ4n) is 1.61. The van der Waals surface area contributed by atoms with Crippen LogP contribution in [0.4, 0.5) is 0 Å². The van der Waals surface area contributed by atoms with E-state index in [9.17, 15) is 0 Å². The van der Waals surface area contributed by atoms with Gasteiger partial charge >= 0.3 is 0 Å². The maximum absolute atomic E-state index is 5.67. The van der Waals surface area contributed by atoms with Crippen molar-refractivity contribution in [1.82, 2.24) is 4.98 Å². The van der Waals surface area contributed by atoms with E-state index in [1.807, 2.05) is 35.7 Å². The van der Waals surface area contributed by atoms with Gasteiger partial charge in [0.25, 0.3) is 0 Å². The summed E-state index contributed by atoms with van der Waals surface area (Å²) in [5.74, 6) is 0.680. The van der Waals surface area contributed by atoms with Gasteiger partial charge < -0.3 is 10.2 Å². The van der Waals surface area contributed by atoms with Gasteiger partial charge in [-0.15, -0.1) is 11.3 Å². The van der Waals surface area contributed by atoms with Crippen LogP contribution in [0.25, 0.3) is 21.9 Å². The number of fused-ring (bicyclic) bond motifs is 1. The first-order chi connectivity index (χ1) is 7.86. The first kappa shape index (κ1) is 9.57. The maximum atomic E-state index is 5.67. The van der Waals surface area contributed by atoms with Crippen molar-refractivity contribution in [2.24, 2.45) is 5.73 Å². The van der Waals surface area contributed by atoms with Crippen molar-refractivity contribution in [2.45, 2.75) is 6.54 Å². The number of aromatic nitrogens is 1. The number of oxazole rings is 1. The monoisotopic (exact) mass is 230 g/mol. The molecule has 0 unspecified atom stereocenters. The van der Waals surface area contributed by atoms with Crippen LogP contribution in [0.15, 0.2) is 40.1 Å². The quantitative estimate of drug-likeness (QED) is 0.736. The van der Waals surface area contributed by atoms with Crippen molar-refractivity contribution in [1.29, 1.82) is 0 Å². The lowest BCUT2D eigenvalue weighted by atomic mass is 10.2. The molecule has 0 saturated heterocycles. The van der Waals surface area contributed by atoms with E-state index in [0.29, 0.717) is 12.4 Å². The zero-order chi connectivity index (χ0) is 11.0. The van der Waals surface area contributed by atoms with Crippen molar-refractivity contribution in [3.63, 3.8) is 0 Å². The smallest absolute Gasteiger partial charge is 0.237 e. The van der Waals surface area contributed by atoms with E-state index in [4.69, 9.17) is 10.2 Å². The SMILES string of the molecule is NCc1ccc2oc(-c3cccs3)nc2c1. The van der Waals surface area contributed by atoms with Crippen LogP contribution >= 0.6 is 11.3 Å². The zero-order valence-electron chi connectivity index (χ0n) is 8.51. The van der Waals surface area contributed by atoms with Crippen LogP contribution in [-0.4, -0.2) is 4.98 Å². The van der Waals surface area contributed by atoms with Crippen LogP contribution in [-0.2, 0) is 6.54 Å². The summed E-state index contributed by atoms with van der Waals surface area (Å²) >= 11 is 1.62. The molecule has 0 amide bonds. The van der Waals surface area contributed by atoms with Crippen LogP contribution < -0.4 is 5.73 Å². The summed E-state index contributed by atoms with van der Waals surface area (Å²) < 4.78 is 5.67. The highest BCUT2D eigenvalue weighted by Gasteiger charge is 2.08. The third-order valence-electron chi connectivity index (χ3n) is 2.42. The van der Waals surface area contributed by atoms with E-state index < -0.39 is 0 Å². The average molecular weight is 230 g/mol. The Morgan fingerprint density at radius 1 is 1.31 bits per heavy atom. The van der Waals surface area contributed by atoms with Gasteiger partial charge in [0.2, 0.25) is 5.89 Å². The minimum atomic E-state index is 0.525. The van der Waals surface area contributed by atoms with Crippen molar-refractivity contribution >= 4 is 22.4 Å². The molecule has 3 nitrogen and oxygen atoms in total. The minimum absolute atomic E-state index is 0.525. The van der Waals surface area contributed by atoms with Crippen LogP contribution in [0.1, 0.15) is 5.56 Å². The molecule has 16 heavy (non-hydrogen) atoms. The van der Waals surface area contributed by atoms with Gasteiger partial charge in [-0.3, -0.25) is 0 Å². The Morgan fingerprint density at radius 2 is 2.25 bits per heavy atom. The second-order valence-electron chi connectivity index (χ2n) is 3.50. The molecule has 3 rings (SSSR count). The van der Waals surface area contributed by atoms with E-state index in [-0.39, 0.29) is 0 Å². The van der Waals surface area contributed by atoms with Crippen LogP contribution in [0.5, 0.6) is 0 Å². The molecule has 0 radical (unpaired) electrons. The van der Waals surface area contributed by atoms with Gasteiger partial charge in [-0.05, 0) is 29.1 Å². The van der Waals surface area contributed by atoms with Crippen LogP contribution in [0.2, 0.25) is 0 Å². The van der Waals surface area contributed by atoms with E-state index in [2.05, 4.69) is 4.98 Å². The second kappa shape index (κ2) is 3.73. The highest BCUT2D eigenvalue weighted by Crippen LogP contribution is 2.27. The molecule has 2 N–H and O–H groups in total. The lowest BCUT2D eigenvalue weighted by Crippen LogP contribution is -1.94. The summed E-state index contributed by atoms with van der Waals surface area (Å²) in [5, 5.41) is 2.01. The van der Waals surface area contributed by atoms with Crippen molar-refractivity contribution in [2.75, 3.05) is 0 Å². The van der Waals surface area contributed by atoms with Gasteiger partial charge in [0.05, 0.1) is 4.88 Å². The lowest BCUT2D eigenvalue weighted by molar-refractivity contribution is 0.621. The topological polar surface area (TPSA) is 52.0 Å². The van der Waals surface area contributed by atoms with E-state index in [1.165, 1.54) is 0 Å². The number of benzene rings is 1. The molecule has 80 valence electrons. The van der Waals surface area contributed by atoms with Gasteiger partial charge in [-0.25, -0.2) is 4.98 Å². The fraction of sp³-hybridized carbons (Fsp3) is 0.0833. The Kier molecular flexibility index (Phi) is 2.23. The van der Waals surface area contributed by atoms with Gasteiger partial charge in [-0.2, -0.15) is 0 Å². The molecule has 0 bridgehead atoms. The molecule has 0 atom stereocenters. The van der Waals surface area contributed by atoms with Gasteiger partial charge in [-0.1, -0.05) is 12.1 Å². The standard InChI is InChI=1S/C12H10N2OS/c13-7-8-3-4-10-9(6-8)14-12(15-10)11-2-1-5-16-11/h1-6H,7,13H2. The Bertz CT molecular complexity index is 613. The fourth-order valence-corrected chi connectivity index (χ4v) is 2.25. The van der Waals surface area contributed by atoms with Gasteiger partial charge in [0, 0.05) is 6.54 Å². The first-order valence-electron chi connectivity index (χ1n) is 5.00. The molecule has 0 saturated carbocycles. The third-order valence-corrected chi connectivity index (χ3v) is 3.28. The molecule has 0 spiro atoms. The van der Waals surface area contributed by atoms with E-state index >= 15 is 0 Å². The first-order valence-corrected chi connectivity index (χ1v) is 5.88. The normalized spacial score (nSPS) is 11.1. The van der Waals surface area contributed by atoms with Gasteiger partial charge in [0.1, 0.15) is 5.52 Å². The Balaban J connectivity index is 2.16. The number of hydrogen-bond donors (Lipinski definition) is 1. The molecule has 4 heteroatoms. The summed E-state index contributed by atoms with van der Waals surface area (Å²) in [6, 6.07) is 9.84. The Hall–Kier alpha value is -1.65. The number of nitrogens with two attached hydrogens (primary N) is 1. The third kappa shape index (κ3) is 1.52. The van der Waals surface area contributed by atoms with Gasteiger partial charge in [0.15, 0.2) is 5.58 Å². The lowest BCUT2D eigenvalue weighted by Gasteiger charge is -1.92. The molecule has 0 aliphatic carbocycles. The molecular weight excluding hydrogens is 220 g/mol. The number of thiophene rings is 1. The molecule has 1 aromatic carbocycles. The van der Waals surface area contributed by atoms with Crippen LogP contribution in [0.3, 0.4) is 0 Å². The summed E-state index contributed by atoms with van der Waals surface area (Å²) in [6.45, 7) is 0.525. The summed E-state index contributed by atoms with van der Waals surface area (Å²) in [4.78, 5) is 5.50. The maximum Gasteiger partial charge on any atom is 0.237 e. The number of rotatable bonds is 2. The van der Waals surface area contributed by atoms with E-state index in [0.717, 1.165) is 21.5 Å². The second-order valence-corrected chi connectivity index (χ2v) is 4.45. The molecule has 2 heterocycles. The summed E-state index contributed by atoms with van der Waals surface area (Å²) in [5.41, 5.74) is 8.33. The zero-order valence-corrected chi connectivity index (χ0v) is 9.33. The predicted molar refractivity (Wildman–Crippen MR) is 65.2 cm³/mol. The number of hydrogen-bond acceptors (Lipinski definition) is 4. The largest absolute Gasteiger partial charge is 0.435 e. The van der Waals surface area contributed by atoms with Crippen LogP contribution in [0, 0.1) is 0 Å². The molecular formula is C12H10N2OS. The molecule has 0 aliphatic heterocycles. The minimum Gasteiger partial charge on any atom is -0.435 e. The highest BCUT2D eigenvalue weighted by atomic mass is 32.1. The predicted octanol–water partition coefficient (Wildman–Crippen LogP) is 3.02. The van der Waals surface area contributed by atoms with Crippen molar-refractivity contribution in [3.8, 4) is 10.8 Å². The average Bonchev–Trinajstić information content (AvgIpc) is 2.96. The molecule has 0 aliphatic rings. The molecule has 2 aromatic heterocycles. The number of nitrogens with zero attached hydrogens (tertiary/aromatic N) is 1. The van der Waals surface area contributed by atoms with Crippen molar-refractivity contribution in [3.05, 3.63) is 41.3 Å². The summed E-state index contributed by atoms with van der Waals surface area (Å²) in [7, 11) is 0. The highest BCUT2D eigenvalue weighted by molar-refractivity contribution is 7.13. The summed E-state index contributed by atoms with van der Waals surface area (Å²) in [6.07, 6.45) is 0. The molecule has 3 aromatic rings.